The first kappa shape index (κ1) is 13.3. The van der Waals surface area contributed by atoms with Crippen LogP contribution in [-0.2, 0) is 4.79 Å². The van der Waals surface area contributed by atoms with Crippen LogP contribution in [-0.4, -0.2) is 22.5 Å². The summed E-state index contributed by atoms with van der Waals surface area (Å²) in [7, 11) is 0. The summed E-state index contributed by atoms with van der Waals surface area (Å²) in [6.45, 7) is 0.278. The third-order valence-electron chi connectivity index (χ3n) is 2.23. The van der Waals surface area contributed by atoms with Crippen LogP contribution in [0.3, 0.4) is 0 Å². The molecule has 0 saturated carbocycles. The van der Waals surface area contributed by atoms with Crippen LogP contribution in [0.4, 0.5) is 5.95 Å². The van der Waals surface area contributed by atoms with Crippen LogP contribution in [0, 0.1) is 0 Å². The lowest BCUT2D eigenvalue weighted by Crippen LogP contribution is -2.16. The van der Waals surface area contributed by atoms with Crippen LogP contribution in [0.2, 0.25) is 5.02 Å². The maximum atomic E-state index is 11.6. The van der Waals surface area contributed by atoms with Crippen molar-refractivity contribution in [3.8, 4) is 5.75 Å². The van der Waals surface area contributed by atoms with Crippen molar-refractivity contribution in [2.24, 2.45) is 0 Å². The van der Waals surface area contributed by atoms with Crippen molar-refractivity contribution in [1.29, 1.82) is 0 Å². The number of anilines is 1. The molecule has 1 amide bonds. The largest absolute Gasteiger partial charge is 0.493 e. The Hall–Kier alpha value is -2.14. The molecule has 5 nitrogen and oxygen atoms in total. The zero-order valence-electron chi connectivity index (χ0n) is 10.0. The number of nitrogens with zero attached hydrogens (tertiary/aromatic N) is 2. The number of benzene rings is 1. The molecule has 1 aromatic carbocycles. The fourth-order valence-corrected chi connectivity index (χ4v) is 1.47. The zero-order valence-corrected chi connectivity index (χ0v) is 10.8. The van der Waals surface area contributed by atoms with E-state index in [0.717, 1.165) is 0 Å². The second kappa shape index (κ2) is 6.70. The Bertz CT molecular complexity index is 531. The van der Waals surface area contributed by atoms with E-state index in [1.54, 1.807) is 42.7 Å². The van der Waals surface area contributed by atoms with Gasteiger partial charge in [-0.25, -0.2) is 9.97 Å². The van der Waals surface area contributed by atoms with Gasteiger partial charge in [-0.15, -0.1) is 0 Å². The monoisotopic (exact) mass is 277 g/mol. The fraction of sp³-hybridized carbons (Fsp3) is 0.154. The molecule has 0 aliphatic carbocycles. The summed E-state index contributed by atoms with van der Waals surface area (Å²) in [6.07, 6.45) is 3.35. The zero-order chi connectivity index (χ0) is 13.5. The average Bonchev–Trinajstić information content (AvgIpc) is 2.42. The quantitative estimate of drug-likeness (QED) is 0.912. The number of amides is 1. The van der Waals surface area contributed by atoms with Gasteiger partial charge < -0.3 is 4.74 Å². The number of carbonyl (C=O) groups excluding carboxylic acids is 1. The molecule has 19 heavy (non-hydrogen) atoms. The molecule has 1 aromatic heterocycles. The Labute approximate surface area is 115 Å². The highest BCUT2D eigenvalue weighted by atomic mass is 35.5. The van der Waals surface area contributed by atoms with E-state index < -0.39 is 0 Å². The third kappa shape index (κ3) is 4.56. The Morgan fingerprint density at radius 1 is 1.21 bits per heavy atom. The lowest BCUT2D eigenvalue weighted by Gasteiger charge is -2.06. The highest BCUT2D eigenvalue weighted by molar-refractivity contribution is 6.30. The van der Waals surface area contributed by atoms with E-state index in [2.05, 4.69) is 15.3 Å². The second-order valence-electron chi connectivity index (χ2n) is 3.67. The smallest absolute Gasteiger partial charge is 0.230 e. The first-order valence-corrected chi connectivity index (χ1v) is 6.07. The van der Waals surface area contributed by atoms with Gasteiger partial charge in [0, 0.05) is 17.4 Å². The topological polar surface area (TPSA) is 64.1 Å². The highest BCUT2D eigenvalue weighted by Crippen LogP contribution is 2.15. The standard InChI is InChI=1S/C13H12ClN3O2/c14-10-2-4-11(5-3-10)19-9-6-12(18)17-13-15-7-1-8-16-13/h1-5,7-8H,6,9H2,(H,15,16,17,18). The van der Waals surface area contributed by atoms with Crippen LogP contribution >= 0.6 is 11.6 Å². The molecule has 0 atom stereocenters. The van der Waals surface area contributed by atoms with E-state index >= 15 is 0 Å². The normalized spacial score (nSPS) is 9.95. The number of ether oxygens (including phenoxy) is 1. The molecule has 0 aliphatic heterocycles. The van der Waals surface area contributed by atoms with Crippen LogP contribution in [0.15, 0.2) is 42.7 Å². The lowest BCUT2D eigenvalue weighted by molar-refractivity contribution is -0.116. The summed E-state index contributed by atoms with van der Waals surface area (Å²) in [5, 5.41) is 3.22. The van der Waals surface area contributed by atoms with Gasteiger partial charge in [-0.3, -0.25) is 10.1 Å². The molecule has 1 N–H and O–H groups in total. The lowest BCUT2D eigenvalue weighted by atomic mass is 10.3. The Morgan fingerprint density at radius 3 is 2.58 bits per heavy atom. The number of carbonyl (C=O) groups is 1. The summed E-state index contributed by atoms with van der Waals surface area (Å²) in [4.78, 5) is 19.4. The molecule has 2 aromatic rings. The minimum Gasteiger partial charge on any atom is -0.493 e. The first-order valence-electron chi connectivity index (χ1n) is 5.69. The molecule has 0 spiro atoms. The number of halogens is 1. The van der Waals surface area contributed by atoms with Crippen molar-refractivity contribution in [2.45, 2.75) is 6.42 Å². The molecular formula is C13H12ClN3O2. The molecule has 2 rings (SSSR count). The summed E-state index contributed by atoms with van der Waals surface area (Å²) < 4.78 is 5.41. The molecule has 1 heterocycles. The number of hydrogen-bond donors (Lipinski definition) is 1. The molecule has 0 unspecified atom stereocenters. The predicted octanol–water partition coefficient (Wildman–Crippen LogP) is 2.54. The van der Waals surface area contributed by atoms with Crippen molar-refractivity contribution in [2.75, 3.05) is 11.9 Å². The summed E-state index contributed by atoms with van der Waals surface area (Å²) in [6, 6.07) is 8.64. The second-order valence-corrected chi connectivity index (χ2v) is 4.11. The van der Waals surface area contributed by atoms with Crippen molar-refractivity contribution in [3.05, 3.63) is 47.7 Å². The van der Waals surface area contributed by atoms with E-state index in [1.807, 2.05) is 0 Å². The molecule has 6 heteroatoms. The van der Waals surface area contributed by atoms with Crippen LogP contribution < -0.4 is 10.1 Å². The van der Waals surface area contributed by atoms with Crippen molar-refractivity contribution < 1.29 is 9.53 Å². The first-order chi connectivity index (χ1) is 9.24. The van der Waals surface area contributed by atoms with Gasteiger partial charge in [0.2, 0.25) is 11.9 Å². The minimum absolute atomic E-state index is 0.194. The molecule has 98 valence electrons. The van der Waals surface area contributed by atoms with Crippen molar-refractivity contribution in [1.82, 2.24) is 9.97 Å². The Kier molecular flexibility index (Phi) is 4.69. The van der Waals surface area contributed by atoms with Crippen molar-refractivity contribution >= 4 is 23.5 Å². The minimum atomic E-state index is -0.194. The SMILES string of the molecule is O=C(CCOc1ccc(Cl)cc1)Nc1ncccn1. The van der Waals surface area contributed by atoms with E-state index in [-0.39, 0.29) is 18.9 Å². The van der Waals surface area contributed by atoms with Gasteiger partial charge in [-0.1, -0.05) is 11.6 Å². The van der Waals surface area contributed by atoms with E-state index in [4.69, 9.17) is 16.3 Å². The van der Waals surface area contributed by atoms with Gasteiger partial charge in [0.25, 0.3) is 0 Å². The number of nitrogens with one attached hydrogen (secondary N) is 1. The average molecular weight is 278 g/mol. The van der Waals surface area contributed by atoms with E-state index in [9.17, 15) is 4.79 Å². The van der Waals surface area contributed by atoms with Gasteiger partial charge >= 0.3 is 0 Å². The molecule has 0 aliphatic rings. The van der Waals surface area contributed by atoms with E-state index in [0.29, 0.717) is 16.7 Å². The maximum Gasteiger partial charge on any atom is 0.230 e. The predicted molar refractivity (Wildman–Crippen MR) is 72.2 cm³/mol. The van der Waals surface area contributed by atoms with Gasteiger partial charge in [0.05, 0.1) is 13.0 Å². The Balaban J connectivity index is 1.74. The summed E-state index contributed by atoms with van der Waals surface area (Å²) >= 11 is 5.75. The fourth-order valence-electron chi connectivity index (χ4n) is 1.34. The number of hydrogen-bond acceptors (Lipinski definition) is 4. The highest BCUT2D eigenvalue weighted by Gasteiger charge is 2.04. The molecule has 0 radical (unpaired) electrons. The number of aromatic nitrogens is 2. The molecule has 0 bridgehead atoms. The van der Waals surface area contributed by atoms with Crippen molar-refractivity contribution in [3.63, 3.8) is 0 Å². The van der Waals surface area contributed by atoms with Gasteiger partial charge in [-0.05, 0) is 30.3 Å². The maximum absolute atomic E-state index is 11.6. The summed E-state index contributed by atoms with van der Waals surface area (Å²) in [5.41, 5.74) is 0. The molecular weight excluding hydrogens is 266 g/mol. The van der Waals surface area contributed by atoms with Gasteiger partial charge in [0.15, 0.2) is 0 Å². The van der Waals surface area contributed by atoms with Crippen LogP contribution in [0.1, 0.15) is 6.42 Å². The third-order valence-corrected chi connectivity index (χ3v) is 2.48. The van der Waals surface area contributed by atoms with Gasteiger partial charge in [-0.2, -0.15) is 0 Å². The molecule has 0 fully saturated rings. The van der Waals surface area contributed by atoms with Crippen LogP contribution in [0.25, 0.3) is 0 Å². The van der Waals surface area contributed by atoms with Crippen LogP contribution in [0.5, 0.6) is 5.75 Å². The Morgan fingerprint density at radius 2 is 1.89 bits per heavy atom. The molecule has 0 saturated heterocycles. The van der Waals surface area contributed by atoms with Gasteiger partial charge in [0.1, 0.15) is 5.75 Å². The van der Waals surface area contributed by atoms with E-state index in [1.165, 1.54) is 0 Å². The summed E-state index contributed by atoms with van der Waals surface area (Å²) in [5.74, 6) is 0.771. The number of rotatable bonds is 5.